The Kier molecular flexibility index (Phi) is 5.21. The highest BCUT2D eigenvalue weighted by Crippen LogP contribution is 2.39. The molecule has 8 heteroatoms. The van der Waals surface area contributed by atoms with Crippen molar-refractivity contribution < 1.29 is 19.0 Å². The maximum Gasteiger partial charge on any atom is 0.255 e. The first-order valence-corrected chi connectivity index (χ1v) is 8.05. The molecule has 8 nitrogen and oxygen atoms in total. The zero-order valence-corrected chi connectivity index (χ0v) is 14.9. The van der Waals surface area contributed by atoms with Crippen LogP contribution in [0, 0.1) is 0 Å². The fraction of sp³-hybridized carbons (Fsp3) is 0.278. The van der Waals surface area contributed by atoms with Gasteiger partial charge in [-0.05, 0) is 24.3 Å². The minimum absolute atomic E-state index is 0.267. The van der Waals surface area contributed by atoms with E-state index in [9.17, 15) is 4.79 Å². The molecule has 136 valence electrons. The van der Waals surface area contributed by atoms with Gasteiger partial charge in [-0.15, -0.1) is 10.2 Å². The van der Waals surface area contributed by atoms with Crippen LogP contribution in [0.3, 0.4) is 0 Å². The topological polar surface area (TPSA) is 87.0 Å². The van der Waals surface area contributed by atoms with Crippen LogP contribution in [0.2, 0.25) is 0 Å². The van der Waals surface area contributed by atoms with Gasteiger partial charge in [0.05, 0.1) is 26.9 Å². The summed E-state index contributed by atoms with van der Waals surface area (Å²) in [6, 6.07) is 9.00. The molecule has 0 atom stereocenters. The molecule has 0 saturated heterocycles. The van der Waals surface area contributed by atoms with Crippen LogP contribution in [0.15, 0.2) is 36.5 Å². The molecule has 0 spiro atoms. The summed E-state index contributed by atoms with van der Waals surface area (Å²) in [6.07, 6.45) is 2.44. The Morgan fingerprint density at radius 1 is 1.04 bits per heavy atom. The Labute approximate surface area is 150 Å². The number of nitrogens with zero attached hydrogens (tertiary/aromatic N) is 3. The van der Waals surface area contributed by atoms with Crippen molar-refractivity contribution in [3.63, 3.8) is 0 Å². The summed E-state index contributed by atoms with van der Waals surface area (Å²) < 4.78 is 17.8. The van der Waals surface area contributed by atoms with Gasteiger partial charge in [-0.2, -0.15) is 0 Å². The van der Waals surface area contributed by atoms with Gasteiger partial charge in [0.2, 0.25) is 5.75 Å². The quantitative estimate of drug-likeness (QED) is 0.694. The second kappa shape index (κ2) is 7.73. The first kappa shape index (κ1) is 17.5. The van der Waals surface area contributed by atoms with Crippen LogP contribution in [0.25, 0.3) is 5.65 Å². The molecule has 0 aliphatic rings. The normalized spacial score (nSPS) is 10.6. The van der Waals surface area contributed by atoms with Gasteiger partial charge in [0.25, 0.3) is 5.91 Å². The summed E-state index contributed by atoms with van der Waals surface area (Å²) in [5.41, 5.74) is 1.15. The largest absolute Gasteiger partial charge is 0.493 e. The molecule has 26 heavy (non-hydrogen) atoms. The van der Waals surface area contributed by atoms with Crippen molar-refractivity contribution in [2.45, 2.75) is 6.42 Å². The molecule has 1 amide bonds. The molecular formula is C18H20N4O4. The Balaban J connectivity index is 1.72. The number of fused-ring (bicyclic) bond motifs is 1. The van der Waals surface area contributed by atoms with E-state index in [0.717, 1.165) is 11.5 Å². The molecule has 0 unspecified atom stereocenters. The van der Waals surface area contributed by atoms with E-state index in [1.54, 1.807) is 12.1 Å². The Morgan fingerprint density at radius 2 is 1.85 bits per heavy atom. The van der Waals surface area contributed by atoms with E-state index < -0.39 is 0 Å². The lowest BCUT2D eigenvalue weighted by atomic mass is 10.1. The van der Waals surface area contributed by atoms with Crippen molar-refractivity contribution in [3.8, 4) is 17.2 Å². The minimum Gasteiger partial charge on any atom is -0.493 e. The number of nitrogens with one attached hydrogen (secondary N) is 1. The van der Waals surface area contributed by atoms with Gasteiger partial charge in [0.15, 0.2) is 17.1 Å². The average molecular weight is 356 g/mol. The van der Waals surface area contributed by atoms with Gasteiger partial charge in [0.1, 0.15) is 5.82 Å². The summed E-state index contributed by atoms with van der Waals surface area (Å²) in [7, 11) is 4.51. The molecule has 2 aromatic heterocycles. The zero-order valence-electron chi connectivity index (χ0n) is 14.9. The zero-order chi connectivity index (χ0) is 18.5. The van der Waals surface area contributed by atoms with E-state index >= 15 is 0 Å². The number of aromatic nitrogens is 3. The number of carbonyl (C=O) groups excluding carboxylic acids is 1. The molecule has 0 radical (unpaired) electrons. The van der Waals surface area contributed by atoms with E-state index in [0.29, 0.717) is 35.8 Å². The van der Waals surface area contributed by atoms with E-state index in [1.165, 1.54) is 21.3 Å². The first-order chi connectivity index (χ1) is 12.7. The van der Waals surface area contributed by atoms with Crippen molar-refractivity contribution in [1.29, 1.82) is 0 Å². The van der Waals surface area contributed by atoms with Gasteiger partial charge in [-0.3, -0.25) is 9.20 Å². The number of pyridine rings is 1. The minimum atomic E-state index is -0.267. The molecule has 0 fully saturated rings. The van der Waals surface area contributed by atoms with Crippen molar-refractivity contribution in [2.24, 2.45) is 0 Å². The first-order valence-electron chi connectivity index (χ1n) is 8.05. The predicted molar refractivity (Wildman–Crippen MR) is 95.1 cm³/mol. The molecule has 1 aromatic carbocycles. The monoisotopic (exact) mass is 356 g/mol. The predicted octanol–water partition coefficient (Wildman–Crippen LogP) is 1.73. The highest BCUT2D eigenvalue weighted by Gasteiger charge is 2.20. The van der Waals surface area contributed by atoms with Gasteiger partial charge in [-0.25, -0.2) is 0 Å². The maximum atomic E-state index is 12.6. The smallest absolute Gasteiger partial charge is 0.255 e. The summed E-state index contributed by atoms with van der Waals surface area (Å²) >= 11 is 0. The van der Waals surface area contributed by atoms with Crippen LogP contribution in [0.1, 0.15) is 16.2 Å². The van der Waals surface area contributed by atoms with Crippen LogP contribution in [0.5, 0.6) is 17.2 Å². The van der Waals surface area contributed by atoms with Crippen LogP contribution in [0.4, 0.5) is 0 Å². The number of hydrogen-bond acceptors (Lipinski definition) is 6. The molecule has 0 saturated carbocycles. The van der Waals surface area contributed by atoms with Crippen molar-refractivity contribution in [2.75, 3.05) is 27.9 Å². The lowest BCUT2D eigenvalue weighted by Gasteiger charge is -2.15. The van der Waals surface area contributed by atoms with Crippen molar-refractivity contribution in [3.05, 3.63) is 47.9 Å². The average Bonchev–Trinajstić information content (AvgIpc) is 3.09. The van der Waals surface area contributed by atoms with Gasteiger partial charge >= 0.3 is 0 Å². The molecule has 3 rings (SSSR count). The molecule has 0 bridgehead atoms. The summed E-state index contributed by atoms with van der Waals surface area (Å²) in [5, 5.41) is 11.1. The molecule has 2 heterocycles. The lowest BCUT2D eigenvalue weighted by molar-refractivity contribution is 0.0950. The van der Waals surface area contributed by atoms with Gasteiger partial charge in [0, 0.05) is 19.2 Å². The molecule has 0 aliphatic carbocycles. The van der Waals surface area contributed by atoms with Gasteiger partial charge < -0.3 is 19.5 Å². The van der Waals surface area contributed by atoms with Crippen LogP contribution < -0.4 is 19.5 Å². The van der Waals surface area contributed by atoms with E-state index in [-0.39, 0.29) is 5.91 Å². The lowest BCUT2D eigenvalue weighted by Crippen LogP contribution is -2.26. The highest BCUT2D eigenvalue weighted by molar-refractivity contribution is 5.98. The molecule has 3 aromatic rings. The fourth-order valence-corrected chi connectivity index (χ4v) is 2.72. The molecular weight excluding hydrogens is 336 g/mol. The number of methoxy groups -OCH3 is 3. The van der Waals surface area contributed by atoms with Gasteiger partial charge in [-0.1, -0.05) is 6.07 Å². The molecule has 1 N–H and O–H groups in total. The van der Waals surface area contributed by atoms with Crippen LogP contribution in [-0.4, -0.2) is 48.4 Å². The standard InChI is InChI=1S/C18H20N4O4/c1-24-13-8-7-12(16(25-2)17(13)26-3)18(23)19-10-9-15-21-20-14-6-4-5-11-22(14)15/h4-8,11H,9-10H2,1-3H3,(H,19,23). The second-order valence-electron chi connectivity index (χ2n) is 5.43. The number of rotatable bonds is 7. The van der Waals surface area contributed by atoms with E-state index in [4.69, 9.17) is 14.2 Å². The summed E-state index contributed by atoms with van der Waals surface area (Å²) in [6.45, 7) is 0.409. The van der Waals surface area contributed by atoms with Crippen molar-refractivity contribution >= 4 is 11.6 Å². The second-order valence-corrected chi connectivity index (χ2v) is 5.43. The van der Waals surface area contributed by atoms with Crippen molar-refractivity contribution in [1.82, 2.24) is 19.9 Å². The third-order valence-corrected chi connectivity index (χ3v) is 3.97. The number of amides is 1. The number of hydrogen-bond donors (Lipinski definition) is 1. The SMILES string of the molecule is COc1ccc(C(=O)NCCc2nnc3ccccn23)c(OC)c1OC. The number of carbonyl (C=O) groups is 1. The Hall–Kier alpha value is -3.29. The van der Waals surface area contributed by atoms with Crippen LogP contribution >= 0.6 is 0 Å². The third kappa shape index (κ3) is 3.26. The fourth-order valence-electron chi connectivity index (χ4n) is 2.72. The summed E-state index contributed by atoms with van der Waals surface area (Å²) in [4.78, 5) is 12.6. The Bertz CT molecular complexity index is 923. The van der Waals surface area contributed by atoms with E-state index in [1.807, 2.05) is 28.8 Å². The highest BCUT2D eigenvalue weighted by atomic mass is 16.5. The Morgan fingerprint density at radius 3 is 2.58 bits per heavy atom. The summed E-state index contributed by atoms with van der Waals surface area (Å²) in [5.74, 6) is 1.72. The molecule has 0 aliphatic heterocycles. The maximum absolute atomic E-state index is 12.6. The third-order valence-electron chi connectivity index (χ3n) is 3.97. The number of benzene rings is 1. The number of ether oxygens (including phenoxy) is 3. The van der Waals surface area contributed by atoms with E-state index in [2.05, 4.69) is 15.5 Å². The van der Waals surface area contributed by atoms with Crippen LogP contribution in [-0.2, 0) is 6.42 Å².